The molecule has 0 radical (unpaired) electrons. The van der Waals surface area contributed by atoms with Gasteiger partial charge in [0.1, 0.15) is 0 Å². The van der Waals surface area contributed by atoms with Gasteiger partial charge in [0, 0.05) is 23.2 Å². The number of nitrogens with zero attached hydrogens (tertiary/aromatic N) is 2. The Hall–Kier alpha value is -0.610. The van der Waals surface area contributed by atoms with Gasteiger partial charge in [0.2, 0.25) is 0 Å². The van der Waals surface area contributed by atoms with Crippen molar-refractivity contribution in [2.45, 2.75) is 38.9 Å². The van der Waals surface area contributed by atoms with Crippen LogP contribution in [0.1, 0.15) is 23.9 Å². The highest BCUT2D eigenvalue weighted by atomic mass is 32.2. The number of rotatable bonds is 3. The molecule has 0 amide bonds. The van der Waals surface area contributed by atoms with Crippen LogP contribution < -0.4 is 5.73 Å². The lowest BCUT2D eigenvalue weighted by atomic mass is 10.2. The summed E-state index contributed by atoms with van der Waals surface area (Å²) in [6, 6.07) is 0.186. The highest BCUT2D eigenvalue weighted by molar-refractivity contribution is 7.99. The second-order valence-electron chi connectivity index (χ2n) is 3.59. The minimum atomic E-state index is 0.186. The summed E-state index contributed by atoms with van der Waals surface area (Å²) < 4.78 is 0. The van der Waals surface area contributed by atoms with Crippen LogP contribution in [-0.2, 0) is 0 Å². The molecule has 14 heavy (non-hydrogen) atoms. The average molecular weight is 211 g/mol. The maximum Gasteiger partial charge on any atom is 0.188 e. The largest absolute Gasteiger partial charge is 0.327 e. The molecule has 0 saturated heterocycles. The minimum absolute atomic E-state index is 0.186. The molecular weight excluding hydrogens is 194 g/mol. The average Bonchev–Trinajstić information content (AvgIpc) is 2.10. The van der Waals surface area contributed by atoms with Crippen LogP contribution in [0.2, 0.25) is 0 Å². The summed E-state index contributed by atoms with van der Waals surface area (Å²) in [4.78, 5) is 8.80. The van der Waals surface area contributed by atoms with E-state index in [1.165, 1.54) is 5.56 Å². The van der Waals surface area contributed by atoms with Crippen LogP contribution in [0.3, 0.4) is 0 Å². The molecule has 0 unspecified atom stereocenters. The van der Waals surface area contributed by atoms with Crippen molar-refractivity contribution in [3.8, 4) is 0 Å². The van der Waals surface area contributed by atoms with Crippen LogP contribution in [-0.4, -0.2) is 21.8 Å². The molecule has 1 atom stereocenters. The Morgan fingerprint density at radius 3 is 2.14 bits per heavy atom. The molecular formula is C10H17N3S. The van der Waals surface area contributed by atoms with Crippen LogP contribution in [0.5, 0.6) is 0 Å². The fraction of sp³-hybridized carbons (Fsp3) is 0.600. The summed E-state index contributed by atoms with van der Waals surface area (Å²) in [5.41, 5.74) is 8.97. The molecule has 1 heterocycles. The van der Waals surface area contributed by atoms with Crippen molar-refractivity contribution < 1.29 is 0 Å². The van der Waals surface area contributed by atoms with Crippen LogP contribution in [0, 0.1) is 20.8 Å². The number of aryl methyl sites for hydroxylation is 2. The normalized spacial score (nSPS) is 12.9. The van der Waals surface area contributed by atoms with Crippen LogP contribution in [0.4, 0.5) is 0 Å². The monoisotopic (exact) mass is 211 g/mol. The van der Waals surface area contributed by atoms with Crippen molar-refractivity contribution in [2.24, 2.45) is 5.73 Å². The smallest absolute Gasteiger partial charge is 0.188 e. The highest BCUT2D eigenvalue weighted by Crippen LogP contribution is 2.17. The Balaban J connectivity index is 2.79. The summed E-state index contributed by atoms with van der Waals surface area (Å²) in [6.45, 7) is 8.06. The first-order valence-electron chi connectivity index (χ1n) is 4.71. The van der Waals surface area contributed by atoms with Gasteiger partial charge in [0.05, 0.1) is 0 Å². The molecule has 0 aliphatic heterocycles. The number of thioether (sulfide) groups is 1. The molecule has 1 aromatic rings. The van der Waals surface area contributed by atoms with Crippen molar-refractivity contribution in [2.75, 3.05) is 5.75 Å². The van der Waals surface area contributed by atoms with E-state index in [-0.39, 0.29) is 6.04 Å². The van der Waals surface area contributed by atoms with E-state index in [0.717, 1.165) is 22.3 Å². The van der Waals surface area contributed by atoms with Gasteiger partial charge in [-0.15, -0.1) is 0 Å². The predicted molar refractivity (Wildman–Crippen MR) is 60.6 cm³/mol. The Labute approximate surface area is 89.5 Å². The topological polar surface area (TPSA) is 51.8 Å². The fourth-order valence-electron chi connectivity index (χ4n) is 1.01. The molecule has 1 aromatic heterocycles. The quantitative estimate of drug-likeness (QED) is 0.612. The molecule has 0 bridgehead atoms. The van der Waals surface area contributed by atoms with E-state index in [9.17, 15) is 0 Å². The van der Waals surface area contributed by atoms with Crippen molar-refractivity contribution >= 4 is 11.8 Å². The molecule has 4 heteroatoms. The lowest BCUT2D eigenvalue weighted by Crippen LogP contribution is -2.17. The standard InChI is InChI=1S/C10H17N3S/c1-6(11)5-14-10-12-8(3)7(2)9(4)13-10/h6H,5,11H2,1-4H3/t6-/m0/s1. The molecule has 0 aliphatic carbocycles. The van der Waals surface area contributed by atoms with Gasteiger partial charge in [-0.3, -0.25) is 0 Å². The fourth-order valence-corrected chi connectivity index (χ4v) is 1.83. The third-order valence-electron chi connectivity index (χ3n) is 2.09. The first-order chi connectivity index (χ1) is 6.50. The van der Waals surface area contributed by atoms with E-state index in [2.05, 4.69) is 9.97 Å². The van der Waals surface area contributed by atoms with Gasteiger partial charge < -0.3 is 5.73 Å². The van der Waals surface area contributed by atoms with Gasteiger partial charge in [-0.1, -0.05) is 11.8 Å². The maximum atomic E-state index is 5.67. The highest BCUT2D eigenvalue weighted by Gasteiger charge is 2.05. The number of nitrogens with two attached hydrogens (primary N) is 1. The van der Waals surface area contributed by atoms with E-state index in [0.29, 0.717) is 0 Å². The molecule has 3 nitrogen and oxygen atoms in total. The van der Waals surface area contributed by atoms with Crippen LogP contribution in [0.25, 0.3) is 0 Å². The zero-order valence-electron chi connectivity index (χ0n) is 9.16. The molecule has 2 N–H and O–H groups in total. The zero-order chi connectivity index (χ0) is 10.7. The lowest BCUT2D eigenvalue weighted by molar-refractivity contribution is 0.834. The van der Waals surface area contributed by atoms with Crippen molar-refractivity contribution in [3.63, 3.8) is 0 Å². The van der Waals surface area contributed by atoms with E-state index in [1.54, 1.807) is 11.8 Å². The lowest BCUT2D eigenvalue weighted by Gasteiger charge is -2.07. The van der Waals surface area contributed by atoms with E-state index in [1.807, 2.05) is 27.7 Å². The van der Waals surface area contributed by atoms with Gasteiger partial charge in [-0.2, -0.15) is 0 Å². The SMILES string of the molecule is Cc1nc(SC[C@H](C)N)nc(C)c1C. The molecule has 0 saturated carbocycles. The first kappa shape index (κ1) is 11.5. The second-order valence-corrected chi connectivity index (χ2v) is 4.58. The second kappa shape index (κ2) is 4.75. The summed E-state index contributed by atoms with van der Waals surface area (Å²) in [5, 5.41) is 0.836. The minimum Gasteiger partial charge on any atom is -0.327 e. The van der Waals surface area contributed by atoms with E-state index in [4.69, 9.17) is 5.73 Å². The van der Waals surface area contributed by atoms with Gasteiger partial charge >= 0.3 is 0 Å². The molecule has 0 aromatic carbocycles. The van der Waals surface area contributed by atoms with Crippen molar-refractivity contribution in [3.05, 3.63) is 17.0 Å². The van der Waals surface area contributed by atoms with Crippen LogP contribution in [0.15, 0.2) is 5.16 Å². The number of hydrogen-bond donors (Lipinski definition) is 1. The van der Waals surface area contributed by atoms with E-state index < -0.39 is 0 Å². The van der Waals surface area contributed by atoms with Gasteiger partial charge in [0.15, 0.2) is 5.16 Å². The predicted octanol–water partition coefficient (Wildman–Crippen LogP) is 1.84. The zero-order valence-corrected chi connectivity index (χ0v) is 9.98. The number of hydrogen-bond acceptors (Lipinski definition) is 4. The molecule has 0 fully saturated rings. The third kappa shape index (κ3) is 2.96. The summed E-state index contributed by atoms with van der Waals surface area (Å²) in [6.07, 6.45) is 0. The Bertz CT molecular complexity index is 300. The molecule has 78 valence electrons. The Kier molecular flexibility index (Phi) is 3.89. The van der Waals surface area contributed by atoms with Gasteiger partial charge in [-0.05, 0) is 33.3 Å². The van der Waals surface area contributed by atoms with Gasteiger partial charge in [0.25, 0.3) is 0 Å². The Morgan fingerprint density at radius 2 is 1.71 bits per heavy atom. The van der Waals surface area contributed by atoms with E-state index >= 15 is 0 Å². The first-order valence-corrected chi connectivity index (χ1v) is 5.69. The van der Waals surface area contributed by atoms with Crippen molar-refractivity contribution in [1.82, 2.24) is 9.97 Å². The van der Waals surface area contributed by atoms with Crippen molar-refractivity contribution in [1.29, 1.82) is 0 Å². The maximum absolute atomic E-state index is 5.67. The Morgan fingerprint density at radius 1 is 1.21 bits per heavy atom. The third-order valence-corrected chi connectivity index (χ3v) is 3.22. The molecule has 0 spiro atoms. The summed E-state index contributed by atoms with van der Waals surface area (Å²) >= 11 is 1.62. The van der Waals surface area contributed by atoms with Gasteiger partial charge in [-0.25, -0.2) is 9.97 Å². The van der Waals surface area contributed by atoms with Crippen LogP contribution >= 0.6 is 11.8 Å². The molecule has 1 rings (SSSR count). The molecule has 0 aliphatic rings. The summed E-state index contributed by atoms with van der Waals surface area (Å²) in [5.74, 6) is 0.863. The number of aromatic nitrogens is 2. The summed E-state index contributed by atoms with van der Waals surface area (Å²) in [7, 11) is 0.